The highest BCUT2D eigenvalue weighted by Gasteiger charge is 2.11. The van der Waals surface area contributed by atoms with Gasteiger partial charge in [-0.25, -0.2) is 0 Å². The van der Waals surface area contributed by atoms with Crippen molar-refractivity contribution >= 4 is 10.9 Å². The van der Waals surface area contributed by atoms with Gasteiger partial charge in [0.1, 0.15) is 0 Å². The van der Waals surface area contributed by atoms with Crippen molar-refractivity contribution in [3.8, 4) is 16.9 Å². The van der Waals surface area contributed by atoms with Gasteiger partial charge in [-0.15, -0.1) is 0 Å². The molecule has 2 heteroatoms. The highest BCUT2D eigenvalue weighted by Crippen LogP contribution is 2.31. The molecular weight excluding hydrogens is 268 g/mol. The summed E-state index contributed by atoms with van der Waals surface area (Å²) in [4.78, 5) is 4.13. The summed E-state index contributed by atoms with van der Waals surface area (Å²) in [7, 11) is 0. The molecule has 0 spiro atoms. The van der Waals surface area contributed by atoms with Crippen molar-refractivity contribution in [3.63, 3.8) is 0 Å². The molecule has 4 aromatic rings. The molecule has 0 N–H and O–H groups in total. The molecular formula is C20H16N2. The number of aryl methyl sites for hydroxylation is 1. The smallest absolute Gasteiger partial charge is 0.0542 e. The number of fused-ring (bicyclic) bond motifs is 1. The van der Waals surface area contributed by atoms with E-state index in [0.29, 0.717) is 0 Å². The highest BCUT2D eigenvalue weighted by molar-refractivity contribution is 5.89. The Morgan fingerprint density at radius 3 is 2.45 bits per heavy atom. The third-order valence-electron chi connectivity index (χ3n) is 3.95. The van der Waals surface area contributed by atoms with Crippen LogP contribution < -0.4 is 0 Å². The highest BCUT2D eigenvalue weighted by atomic mass is 15.0. The monoisotopic (exact) mass is 284 g/mol. The zero-order chi connectivity index (χ0) is 14.9. The van der Waals surface area contributed by atoms with Crippen molar-refractivity contribution in [2.75, 3.05) is 0 Å². The summed E-state index contributed by atoms with van der Waals surface area (Å²) in [5, 5.41) is 1.25. The summed E-state index contributed by atoms with van der Waals surface area (Å²) in [6.45, 7) is 2.13. The van der Waals surface area contributed by atoms with Crippen LogP contribution in [-0.4, -0.2) is 9.55 Å². The number of hydrogen-bond donors (Lipinski definition) is 0. The first kappa shape index (κ1) is 12.8. The van der Waals surface area contributed by atoms with Crippen molar-refractivity contribution in [2.24, 2.45) is 0 Å². The number of pyridine rings is 1. The summed E-state index contributed by atoms with van der Waals surface area (Å²) in [5.74, 6) is 0. The maximum absolute atomic E-state index is 4.13. The van der Waals surface area contributed by atoms with Crippen LogP contribution in [0.25, 0.3) is 27.8 Å². The van der Waals surface area contributed by atoms with Crippen molar-refractivity contribution in [1.82, 2.24) is 9.55 Å². The van der Waals surface area contributed by atoms with E-state index in [0.717, 1.165) is 0 Å². The fraction of sp³-hybridized carbons (Fsp3) is 0.0500. The van der Waals surface area contributed by atoms with Crippen molar-refractivity contribution in [2.45, 2.75) is 6.92 Å². The Morgan fingerprint density at radius 2 is 1.64 bits per heavy atom. The van der Waals surface area contributed by atoms with E-state index in [2.05, 4.69) is 83.2 Å². The van der Waals surface area contributed by atoms with E-state index in [1.807, 2.05) is 12.4 Å². The lowest BCUT2D eigenvalue weighted by Gasteiger charge is -2.12. The predicted octanol–water partition coefficient (Wildman–Crippen LogP) is 5.00. The molecule has 0 unspecified atom stereocenters. The van der Waals surface area contributed by atoms with Crippen molar-refractivity contribution < 1.29 is 0 Å². The first-order valence-corrected chi connectivity index (χ1v) is 7.41. The van der Waals surface area contributed by atoms with Crippen molar-refractivity contribution in [1.29, 1.82) is 0 Å². The van der Waals surface area contributed by atoms with Crippen LogP contribution in [-0.2, 0) is 0 Å². The molecule has 0 radical (unpaired) electrons. The molecule has 0 amide bonds. The Morgan fingerprint density at radius 1 is 0.818 bits per heavy atom. The Bertz CT molecular complexity index is 936. The van der Waals surface area contributed by atoms with Gasteiger partial charge in [0, 0.05) is 29.0 Å². The van der Waals surface area contributed by atoms with E-state index in [1.54, 1.807) is 0 Å². The van der Waals surface area contributed by atoms with E-state index < -0.39 is 0 Å². The van der Waals surface area contributed by atoms with Crippen LogP contribution in [0.15, 0.2) is 79.1 Å². The molecule has 0 saturated heterocycles. The third-order valence-corrected chi connectivity index (χ3v) is 3.95. The first-order valence-electron chi connectivity index (χ1n) is 7.41. The molecule has 0 aliphatic rings. The minimum absolute atomic E-state index is 1.17. The maximum Gasteiger partial charge on any atom is 0.0542 e. The molecule has 22 heavy (non-hydrogen) atoms. The summed E-state index contributed by atoms with van der Waals surface area (Å²) >= 11 is 0. The molecule has 2 aromatic heterocycles. The van der Waals surface area contributed by atoms with Gasteiger partial charge < -0.3 is 4.57 Å². The second-order valence-electron chi connectivity index (χ2n) is 5.50. The molecule has 2 aromatic carbocycles. The van der Waals surface area contributed by atoms with E-state index in [9.17, 15) is 0 Å². The number of benzene rings is 2. The number of nitrogens with zero attached hydrogens (tertiary/aromatic N) is 2. The van der Waals surface area contributed by atoms with Crippen LogP contribution in [0.5, 0.6) is 0 Å². The summed E-state index contributed by atoms with van der Waals surface area (Å²) < 4.78 is 2.32. The maximum atomic E-state index is 4.13. The molecule has 0 atom stereocenters. The molecule has 4 rings (SSSR count). The lowest BCUT2D eigenvalue weighted by Crippen LogP contribution is -1.97. The van der Waals surface area contributed by atoms with Gasteiger partial charge in [0.2, 0.25) is 0 Å². The zero-order valence-corrected chi connectivity index (χ0v) is 12.4. The van der Waals surface area contributed by atoms with Crippen LogP contribution >= 0.6 is 0 Å². The van der Waals surface area contributed by atoms with Gasteiger partial charge >= 0.3 is 0 Å². The summed E-state index contributed by atoms with van der Waals surface area (Å²) in [6.07, 6.45) is 3.68. The van der Waals surface area contributed by atoms with Gasteiger partial charge in [0.05, 0.1) is 11.2 Å². The van der Waals surface area contributed by atoms with Crippen LogP contribution in [0.3, 0.4) is 0 Å². The molecule has 0 fully saturated rings. The normalized spacial score (nSPS) is 11.0. The predicted molar refractivity (Wildman–Crippen MR) is 91.2 cm³/mol. The summed E-state index contributed by atoms with van der Waals surface area (Å²) in [6, 6.07) is 23.5. The topological polar surface area (TPSA) is 17.8 Å². The second kappa shape index (κ2) is 5.15. The van der Waals surface area contributed by atoms with Gasteiger partial charge in [-0.3, -0.25) is 4.98 Å². The lowest BCUT2D eigenvalue weighted by atomic mass is 10.1. The Balaban J connectivity index is 2.07. The minimum atomic E-state index is 1.17. The molecule has 0 aliphatic carbocycles. The molecule has 0 aliphatic heterocycles. The van der Waals surface area contributed by atoms with Gasteiger partial charge in [0.15, 0.2) is 0 Å². The van der Waals surface area contributed by atoms with Crippen LogP contribution in [0.4, 0.5) is 0 Å². The fourth-order valence-corrected chi connectivity index (χ4v) is 2.94. The van der Waals surface area contributed by atoms with E-state index in [4.69, 9.17) is 0 Å². The first-order chi connectivity index (χ1) is 10.8. The number of rotatable bonds is 2. The average Bonchev–Trinajstić information content (AvgIpc) is 2.95. The Labute approximate surface area is 129 Å². The van der Waals surface area contributed by atoms with Gasteiger partial charge in [-0.05, 0) is 48.9 Å². The average molecular weight is 284 g/mol. The quantitative estimate of drug-likeness (QED) is 0.506. The van der Waals surface area contributed by atoms with Gasteiger partial charge in [-0.1, -0.05) is 30.3 Å². The van der Waals surface area contributed by atoms with Gasteiger partial charge in [0.25, 0.3) is 0 Å². The number of aromatic nitrogens is 2. The molecule has 0 bridgehead atoms. The molecule has 2 nitrogen and oxygen atoms in total. The molecule has 0 saturated carbocycles. The van der Waals surface area contributed by atoms with Gasteiger partial charge in [-0.2, -0.15) is 0 Å². The number of para-hydroxylation sites is 1. The Hall–Kier alpha value is -2.87. The largest absolute Gasteiger partial charge is 0.309 e. The SMILES string of the molecule is Cc1cccc(-n2c(-c3ccncc3)cc3ccccc32)c1. The summed E-state index contributed by atoms with van der Waals surface area (Å²) in [5.41, 5.74) is 6.03. The van der Waals surface area contributed by atoms with Crippen LogP contribution in [0, 0.1) is 6.92 Å². The van der Waals surface area contributed by atoms with Crippen LogP contribution in [0.1, 0.15) is 5.56 Å². The zero-order valence-electron chi connectivity index (χ0n) is 12.4. The molecule has 106 valence electrons. The minimum Gasteiger partial charge on any atom is -0.309 e. The third kappa shape index (κ3) is 2.09. The van der Waals surface area contributed by atoms with E-state index in [-0.39, 0.29) is 0 Å². The van der Waals surface area contributed by atoms with E-state index in [1.165, 1.54) is 33.4 Å². The van der Waals surface area contributed by atoms with E-state index >= 15 is 0 Å². The standard InChI is InChI=1S/C20H16N2/c1-15-5-4-7-18(13-15)22-19-8-3-2-6-17(19)14-20(22)16-9-11-21-12-10-16/h2-14H,1H3. The van der Waals surface area contributed by atoms with Crippen LogP contribution in [0.2, 0.25) is 0 Å². The fourth-order valence-electron chi connectivity index (χ4n) is 2.94. The molecule has 2 heterocycles. The number of hydrogen-bond acceptors (Lipinski definition) is 1. The lowest BCUT2D eigenvalue weighted by molar-refractivity contribution is 1.12. The van der Waals surface area contributed by atoms with Crippen molar-refractivity contribution in [3.05, 3.63) is 84.7 Å². The Kier molecular flexibility index (Phi) is 3.01. The second-order valence-corrected chi connectivity index (χ2v) is 5.50.